The molecular formula is C16H13F3N2O3. The maximum absolute atomic E-state index is 12.7. The summed E-state index contributed by atoms with van der Waals surface area (Å²) in [6.45, 7) is 1.59. The van der Waals surface area contributed by atoms with Gasteiger partial charge in [0.15, 0.2) is 0 Å². The lowest BCUT2D eigenvalue weighted by atomic mass is 10.1. The molecule has 0 atom stereocenters. The van der Waals surface area contributed by atoms with E-state index < -0.39 is 22.6 Å². The molecule has 8 heteroatoms. The van der Waals surface area contributed by atoms with Gasteiger partial charge in [-0.3, -0.25) is 14.9 Å². The fourth-order valence-electron chi connectivity index (χ4n) is 2.14. The average Bonchev–Trinajstić information content (AvgIpc) is 2.48. The highest BCUT2D eigenvalue weighted by Gasteiger charge is 2.30. The second-order valence-corrected chi connectivity index (χ2v) is 5.18. The Bertz CT molecular complexity index is 788. The smallest absolute Gasteiger partial charge is 0.326 e. The summed E-state index contributed by atoms with van der Waals surface area (Å²) in [7, 11) is 0. The number of anilines is 1. The molecule has 0 aliphatic rings. The molecule has 0 saturated heterocycles. The quantitative estimate of drug-likeness (QED) is 0.674. The highest BCUT2D eigenvalue weighted by atomic mass is 19.4. The number of rotatable bonds is 4. The van der Waals surface area contributed by atoms with Crippen LogP contribution >= 0.6 is 0 Å². The first-order chi connectivity index (χ1) is 11.2. The van der Waals surface area contributed by atoms with Crippen LogP contribution in [0, 0.1) is 17.0 Å². The molecule has 2 aromatic carbocycles. The third-order valence-electron chi connectivity index (χ3n) is 3.31. The maximum atomic E-state index is 12.7. The number of hydrogen-bond donors (Lipinski definition) is 1. The van der Waals surface area contributed by atoms with Gasteiger partial charge in [0.25, 0.3) is 5.69 Å². The molecule has 0 bridgehead atoms. The summed E-state index contributed by atoms with van der Waals surface area (Å²) in [5, 5.41) is 13.2. The van der Waals surface area contributed by atoms with Gasteiger partial charge in [0.2, 0.25) is 5.91 Å². The zero-order valence-corrected chi connectivity index (χ0v) is 12.6. The highest BCUT2D eigenvalue weighted by molar-refractivity contribution is 5.93. The molecule has 0 unspecified atom stereocenters. The third-order valence-corrected chi connectivity index (χ3v) is 3.31. The van der Waals surface area contributed by atoms with Gasteiger partial charge >= 0.3 is 6.18 Å². The largest absolute Gasteiger partial charge is 0.416 e. The number of nitro benzene ring substituents is 1. The summed E-state index contributed by atoms with van der Waals surface area (Å²) in [5.74, 6) is -0.508. The molecule has 0 saturated carbocycles. The van der Waals surface area contributed by atoms with Crippen molar-refractivity contribution in [2.75, 3.05) is 5.32 Å². The van der Waals surface area contributed by atoms with E-state index in [1.165, 1.54) is 30.3 Å². The fraction of sp³-hybridized carbons (Fsp3) is 0.188. The summed E-state index contributed by atoms with van der Waals surface area (Å²) in [6.07, 6.45) is -4.71. The van der Waals surface area contributed by atoms with Gasteiger partial charge in [0.1, 0.15) is 0 Å². The van der Waals surface area contributed by atoms with E-state index in [0.717, 1.165) is 12.1 Å². The summed E-state index contributed by atoms with van der Waals surface area (Å²) in [6, 6.07) is 8.45. The molecule has 0 aliphatic carbocycles. The van der Waals surface area contributed by atoms with Crippen molar-refractivity contribution in [2.24, 2.45) is 0 Å². The van der Waals surface area contributed by atoms with Crippen molar-refractivity contribution in [2.45, 2.75) is 19.5 Å². The molecule has 24 heavy (non-hydrogen) atoms. The Morgan fingerprint density at radius 2 is 1.92 bits per heavy atom. The second-order valence-electron chi connectivity index (χ2n) is 5.18. The maximum Gasteiger partial charge on any atom is 0.416 e. The number of carbonyl (C=O) groups is 1. The fourth-order valence-corrected chi connectivity index (χ4v) is 2.14. The van der Waals surface area contributed by atoms with E-state index in [-0.39, 0.29) is 17.7 Å². The number of nitro groups is 1. The predicted octanol–water partition coefficient (Wildman–Crippen LogP) is 4.10. The molecule has 1 amide bonds. The normalized spacial score (nSPS) is 11.2. The van der Waals surface area contributed by atoms with E-state index in [0.29, 0.717) is 11.3 Å². The van der Waals surface area contributed by atoms with Crippen LogP contribution in [0.1, 0.15) is 16.7 Å². The number of nitrogens with one attached hydrogen (secondary N) is 1. The average molecular weight is 338 g/mol. The van der Waals surface area contributed by atoms with Gasteiger partial charge in [0, 0.05) is 17.8 Å². The summed E-state index contributed by atoms with van der Waals surface area (Å²) >= 11 is 0. The molecule has 0 radical (unpaired) electrons. The van der Waals surface area contributed by atoms with E-state index in [1.807, 2.05) is 0 Å². The predicted molar refractivity (Wildman–Crippen MR) is 81.6 cm³/mol. The van der Waals surface area contributed by atoms with Gasteiger partial charge in [-0.2, -0.15) is 13.2 Å². The first-order valence-corrected chi connectivity index (χ1v) is 6.88. The highest BCUT2D eigenvalue weighted by Crippen LogP contribution is 2.29. The monoisotopic (exact) mass is 338 g/mol. The first kappa shape index (κ1) is 17.5. The molecule has 0 aliphatic heterocycles. The van der Waals surface area contributed by atoms with Crippen molar-refractivity contribution in [3.63, 3.8) is 0 Å². The van der Waals surface area contributed by atoms with E-state index >= 15 is 0 Å². The van der Waals surface area contributed by atoms with Crippen LogP contribution in [-0.2, 0) is 17.4 Å². The number of nitrogens with zero attached hydrogens (tertiary/aromatic N) is 1. The lowest BCUT2D eigenvalue weighted by molar-refractivity contribution is -0.384. The minimum absolute atomic E-state index is 0.108. The van der Waals surface area contributed by atoms with E-state index in [1.54, 1.807) is 6.92 Å². The Balaban J connectivity index is 2.10. The van der Waals surface area contributed by atoms with Crippen molar-refractivity contribution in [3.8, 4) is 0 Å². The van der Waals surface area contributed by atoms with E-state index in [9.17, 15) is 28.1 Å². The second kappa shape index (κ2) is 6.69. The minimum Gasteiger partial charge on any atom is -0.326 e. The molecule has 126 valence electrons. The van der Waals surface area contributed by atoms with Gasteiger partial charge < -0.3 is 5.32 Å². The standard InChI is InChI=1S/C16H13F3N2O3/c1-10-7-13(21(23)24)5-6-14(10)20-15(22)9-11-3-2-4-12(8-11)16(17,18)19/h2-8H,9H2,1H3,(H,20,22). The number of carbonyl (C=O) groups excluding carboxylic acids is 1. The van der Waals surface area contributed by atoms with Crippen LogP contribution in [-0.4, -0.2) is 10.8 Å². The van der Waals surface area contributed by atoms with Crippen molar-refractivity contribution >= 4 is 17.3 Å². The Kier molecular flexibility index (Phi) is 4.87. The van der Waals surface area contributed by atoms with Gasteiger partial charge in [-0.1, -0.05) is 18.2 Å². The molecule has 0 fully saturated rings. The SMILES string of the molecule is Cc1cc([N+](=O)[O-])ccc1NC(=O)Cc1cccc(C(F)(F)F)c1. The third kappa shape index (κ3) is 4.31. The number of non-ortho nitro benzene ring substituents is 1. The van der Waals surface area contributed by atoms with Crippen molar-refractivity contribution < 1.29 is 22.9 Å². The number of hydrogen-bond acceptors (Lipinski definition) is 3. The van der Waals surface area contributed by atoms with Crippen molar-refractivity contribution in [1.82, 2.24) is 0 Å². The number of amides is 1. The molecule has 0 heterocycles. The lowest BCUT2D eigenvalue weighted by Gasteiger charge is -2.10. The van der Waals surface area contributed by atoms with Crippen LogP contribution < -0.4 is 5.32 Å². The zero-order valence-electron chi connectivity index (χ0n) is 12.6. The molecule has 1 N–H and O–H groups in total. The molecule has 0 aromatic heterocycles. The van der Waals surface area contributed by atoms with Gasteiger partial charge in [0.05, 0.1) is 16.9 Å². The van der Waals surface area contributed by atoms with Gasteiger partial charge in [-0.05, 0) is 30.2 Å². The van der Waals surface area contributed by atoms with Crippen LogP contribution in [0.5, 0.6) is 0 Å². The van der Waals surface area contributed by atoms with Crippen LogP contribution in [0.15, 0.2) is 42.5 Å². The molecule has 2 aromatic rings. The topological polar surface area (TPSA) is 72.2 Å². The van der Waals surface area contributed by atoms with E-state index in [4.69, 9.17) is 0 Å². The Hall–Kier alpha value is -2.90. The van der Waals surface area contributed by atoms with Crippen LogP contribution in [0.4, 0.5) is 24.5 Å². The summed E-state index contributed by atoms with van der Waals surface area (Å²) in [4.78, 5) is 22.1. The Labute approximate surface area is 135 Å². The van der Waals surface area contributed by atoms with Crippen molar-refractivity contribution in [3.05, 3.63) is 69.3 Å². The summed E-state index contributed by atoms with van der Waals surface area (Å²) in [5.41, 5.74) is 0.156. The number of benzene rings is 2. The van der Waals surface area contributed by atoms with Crippen LogP contribution in [0.3, 0.4) is 0 Å². The Morgan fingerprint density at radius 3 is 2.50 bits per heavy atom. The molecule has 0 spiro atoms. The first-order valence-electron chi connectivity index (χ1n) is 6.88. The Morgan fingerprint density at radius 1 is 1.21 bits per heavy atom. The summed E-state index contributed by atoms with van der Waals surface area (Å²) < 4.78 is 38.0. The van der Waals surface area contributed by atoms with E-state index in [2.05, 4.69) is 5.32 Å². The molecule has 2 rings (SSSR count). The molecule has 5 nitrogen and oxygen atoms in total. The van der Waals surface area contributed by atoms with Crippen molar-refractivity contribution in [1.29, 1.82) is 0 Å². The number of aryl methyl sites for hydroxylation is 1. The number of alkyl halides is 3. The van der Waals surface area contributed by atoms with Crippen LogP contribution in [0.2, 0.25) is 0 Å². The van der Waals surface area contributed by atoms with Gasteiger partial charge in [-0.25, -0.2) is 0 Å². The minimum atomic E-state index is -4.47. The lowest BCUT2D eigenvalue weighted by Crippen LogP contribution is -2.16. The zero-order chi connectivity index (χ0) is 17.9. The number of halogens is 3. The van der Waals surface area contributed by atoms with Crippen LogP contribution in [0.25, 0.3) is 0 Å². The van der Waals surface area contributed by atoms with Gasteiger partial charge in [-0.15, -0.1) is 0 Å². The molecular weight excluding hydrogens is 325 g/mol.